The van der Waals surface area contributed by atoms with Crippen LogP contribution in [0.5, 0.6) is 0 Å². The number of aldehydes is 1. The van der Waals surface area contributed by atoms with E-state index < -0.39 is 10.0 Å². The number of thiophene rings is 1. The van der Waals surface area contributed by atoms with Gasteiger partial charge < -0.3 is 4.42 Å². The average Bonchev–Trinajstić information content (AvgIpc) is 3.00. The highest BCUT2D eigenvalue weighted by Crippen LogP contribution is 2.19. The van der Waals surface area contributed by atoms with Gasteiger partial charge in [-0.1, -0.05) is 0 Å². The molecule has 0 aliphatic heterocycles. The normalized spacial score (nSPS) is 13.4. The van der Waals surface area contributed by atoms with Gasteiger partial charge in [0.2, 0.25) is 5.09 Å². The molecule has 0 aliphatic rings. The van der Waals surface area contributed by atoms with Gasteiger partial charge in [0.25, 0.3) is 10.0 Å². The molecular weight excluding hydrogens is 274 g/mol. The highest BCUT2D eigenvalue weighted by atomic mass is 32.2. The van der Waals surface area contributed by atoms with Crippen molar-refractivity contribution < 1.29 is 17.6 Å². The van der Waals surface area contributed by atoms with Crippen LogP contribution in [0.3, 0.4) is 0 Å². The van der Waals surface area contributed by atoms with E-state index in [1.54, 1.807) is 6.92 Å². The molecule has 0 saturated carbocycles. The summed E-state index contributed by atoms with van der Waals surface area (Å²) in [6.07, 6.45) is 0.460. The van der Waals surface area contributed by atoms with Crippen LogP contribution >= 0.6 is 11.3 Å². The highest BCUT2D eigenvalue weighted by Gasteiger charge is 2.22. The zero-order valence-electron chi connectivity index (χ0n) is 9.49. The molecule has 1 unspecified atom stereocenters. The predicted molar refractivity (Wildman–Crippen MR) is 67.2 cm³/mol. The summed E-state index contributed by atoms with van der Waals surface area (Å²) in [4.78, 5) is 10.4. The van der Waals surface area contributed by atoms with Gasteiger partial charge in [0, 0.05) is 6.04 Å². The van der Waals surface area contributed by atoms with E-state index in [2.05, 4.69) is 4.72 Å². The first-order valence-corrected chi connectivity index (χ1v) is 7.55. The van der Waals surface area contributed by atoms with Gasteiger partial charge in [-0.15, -0.1) is 0 Å². The summed E-state index contributed by atoms with van der Waals surface area (Å²) >= 11 is 1.49. The molecule has 2 aromatic rings. The van der Waals surface area contributed by atoms with E-state index in [0.717, 1.165) is 5.56 Å². The molecule has 0 aromatic carbocycles. The van der Waals surface area contributed by atoms with Gasteiger partial charge in [-0.05, 0) is 41.4 Å². The fourth-order valence-corrected chi connectivity index (χ4v) is 3.35. The number of carbonyl (C=O) groups is 1. The Labute approximate surface area is 108 Å². The van der Waals surface area contributed by atoms with Gasteiger partial charge in [-0.3, -0.25) is 4.79 Å². The molecule has 0 bridgehead atoms. The molecule has 18 heavy (non-hydrogen) atoms. The third-order valence-electron chi connectivity index (χ3n) is 2.36. The quantitative estimate of drug-likeness (QED) is 0.854. The summed E-state index contributed by atoms with van der Waals surface area (Å²) in [6, 6.07) is 4.06. The molecular formula is C11H11NO4S2. The summed E-state index contributed by atoms with van der Waals surface area (Å²) in [7, 11) is -3.75. The molecule has 5 nitrogen and oxygen atoms in total. The van der Waals surface area contributed by atoms with Crippen molar-refractivity contribution in [1.82, 2.24) is 4.72 Å². The number of nitrogens with one attached hydrogen (secondary N) is 1. The minimum atomic E-state index is -3.75. The number of hydrogen-bond acceptors (Lipinski definition) is 5. The molecule has 0 spiro atoms. The SMILES string of the molecule is CC(NS(=O)(=O)c1ccc(C=O)o1)c1ccsc1. The first-order chi connectivity index (χ1) is 8.53. The number of carbonyl (C=O) groups excluding carboxylic acids is 1. The molecule has 0 saturated heterocycles. The Morgan fingerprint density at radius 1 is 1.39 bits per heavy atom. The topological polar surface area (TPSA) is 76.4 Å². The first-order valence-electron chi connectivity index (χ1n) is 5.12. The van der Waals surface area contributed by atoms with Crippen molar-refractivity contribution in [2.45, 2.75) is 18.1 Å². The van der Waals surface area contributed by atoms with Crippen molar-refractivity contribution in [3.8, 4) is 0 Å². The fraction of sp³-hybridized carbons (Fsp3) is 0.182. The molecule has 0 amide bonds. The van der Waals surface area contributed by atoms with Crippen LogP contribution in [0.25, 0.3) is 0 Å². The average molecular weight is 285 g/mol. The van der Waals surface area contributed by atoms with Crippen molar-refractivity contribution in [3.05, 3.63) is 40.3 Å². The third kappa shape index (κ3) is 2.69. The van der Waals surface area contributed by atoms with Crippen LogP contribution in [-0.4, -0.2) is 14.7 Å². The Morgan fingerprint density at radius 3 is 2.72 bits per heavy atom. The van der Waals surface area contributed by atoms with E-state index in [0.29, 0.717) is 6.29 Å². The molecule has 0 aliphatic carbocycles. The second kappa shape index (κ2) is 5.05. The fourth-order valence-electron chi connectivity index (χ4n) is 1.42. The standard InChI is InChI=1S/C11H11NO4S2/c1-8(9-4-5-17-7-9)12-18(14,15)11-3-2-10(6-13)16-11/h2-8,12H,1H3. The monoisotopic (exact) mass is 285 g/mol. The van der Waals surface area contributed by atoms with Crippen molar-refractivity contribution >= 4 is 27.6 Å². The van der Waals surface area contributed by atoms with E-state index >= 15 is 0 Å². The molecule has 2 rings (SSSR count). The molecule has 0 radical (unpaired) electrons. The van der Waals surface area contributed by atoms with Crippen molar-refractivity contribution in [3.63, 3.8) is 0 Å². The van der Waals surface area contributed by atoms with E-state index in [9.17, 15) is 13.2 Å². The zero-order valence-corrected chi connectivity index (χ0v) is 11.1. The Balaban J connectivity index is 2.19. The number of furan rings is 1. The molecule has 96 valence electrons. The second-order valence-electron chi connectivity index (χ2n) is 3.67. The maximum atomic E-state index is 11.9. The van der Waals surface area contributed by atoms with E-state index in [1.165, 1.54) is 23.5 Å². The number of rotatable bonds is 5. The van der Waals surface area contributed by atoms with Crippen LogP contribution in [0.4, 0.5) is 0 Å². The third-order valence-corrected chi connectivity index (χ3v) is 4.47. The van der Waals surface area contributed by atoms with Crippen molar-refractivity contribution in [2.24, 2.45) is 0 Å². The number of hydrogen-bond donors (Lipinski definition) is 1. The van der Waals surface area contributed by atoms with Crippen LogP contribution in [0, 0.1) is 0 Å². The lowest BCUT2D eigenvalue weighted by Gasteiger charge is -2.11. The summed E-state index contributed by atoms with van der Waals surface area (Å²) in [5.41, 5.74) is 0.880. The van der Waals surface area contributed by atoms with Gasteiger partial charge in [0.15, 0.2) is 12.0 Å². The van der Waals surface area contributed by atoms with Gasteiger partial charge in [0.05, 0.1) is 0 Å². The highest BCUT2D eigenvalue weighted by molar-refractivity contribution is 7.89. The van der Waals surface area contributed by atoms with Gasteiger partial charge in [0.1, 0.15) is 0 Å². The van der Waals surface area contributed by atoms with E-state index in [4.69, 9.17) is 4.42 Å². The van der Waals surface area contributed by atoms with Crippen molar-refractivity contribution in [2.75, 3.05) is 0 Å². The minimum Gasteiger partial charge on any atom is -0.440 e. The molecule has 2 aromatic heterocycles. The van der Waals surface area contributed by atoms with Crippen LogP contribution < -0.4 is 4.72 Å². The van der Waals surface area contributed by atoms with E-state index in [-0.39, 0.29) is 16.9 Å². The van der Waals surface area contributed by atoms with Crippen LogP contribution in [0.15, 0.2) is 38.5 Å². The Kier molecular flexibility index (Phi) is 3.65. The first kappa shape index (κ1) is 13.0. The lowest BCUT2D eigenvalue weighted by molar-refractivity contribution is 0.109. The molecule has 1 N–H and O–H groups in total. The predicted octanol–water partition coefficient (Wildman–Crippen LogP) is 2.19. The largest absolute Gasteiger partial charge is 0.440 e. The maximum absolute atomic E-state index is 11.9. The molecule has 1 atom stereocenters. The van der Waals surface area contributed by atoms with Crippen LogP contribution in [0.2, 0.25) is 0 Å². The summed E-state index contributed by atoms with van der Waals surface area (Å²) in [5.74, 6) is -0.0152. The Bertz CT molecular complexity index is 628. The lowest BCUT2D eigenvalue weighted by atomic mass is 10.2. The zero-order chi connectivity index (χ0) is 13.2. The molecule has 7 heteroatoms. The molecule has 2 heterocycles. The summed E-state index contributed by atoms with van der Waals surface area (Å²) in [5, 5.41) is 3.48. The smallest absolute Gasteiger partial charge is 0.274 e. The lowest BCUT2D eigenvalue weighted by Crippen LogP contribution is -2.26. The van der Waals surface area contributed by atoms with Crippen molar-refractivity contribution in [1.29, 1.82) is 0 Å². The van der Waals surface area contributed by atoms with Gasteiger partial charge >= 0.3 is 0 Å². The molecule has 0 fully saturated rings. The number of sulfonamides is 1. The van der Waals surface area contributed by atoms with Crippen LogP contribution in [0.1, 0.15) is 29.1 Å². The van der Waals surface area contributed by atoms with E-state index in [1.807, 2.05) is 16.8 Å². The van der Waals surface area contributed by atoms with Gasteiger partial charge in [-0.25, -0.2) is 13.1 Å². The maximum Gasteiger partial charge on any atom is 0.274 e. The Morgan fingerprint density at radius 2 is 2.17 bits per heavy atom. The van der Waals surface area contributed by atoms with Crippen LogP contribution in [-0.2, 0) is 10.0 Å². The minimum absolute atomic E-state index is 0.0152. The Hall–Kier alpha value is -1.44. The summed E-state index contributed by atoms with van der Waals surface area (Å²) < 4.78 is 31.3. The van der Waals surface area contributed by atoms with Gasteiger partial charge in [-0.2, -0.15) is 11.3 Å². The second-order valence-corrected chi connectivity index (χ2v) is 6.10. The summed E-state index contributed by atoms with van der Waals surface area (Å²) in [6.45, 7) is 1.74.